The second-order valence-electron chi connectivity index (χ2n) is 12.6. The second-order valence-corrected chi connectivity index (χ2v) is 12.6. The molecule has 0 radical (unpaired) electrons. The van der Waals surface area contributed by atoms with Crippen LogP contribution in [0.15, 0.2) is 50.8 Å². The van der Waals surface area contributed by atoms with Gasteiger partial charge in [-0.1, -0.05) is 88.5 Å². The van der Waals surface area contributed by atoms with Gasteiger partial charge in [-0.05, 0) is 35.8 Å². The Balaban J connectivity index is 1.81. The zero-order valence-corrected chi connectivity index (χ0v) is 22.6. The highest BCUT2D eigenvalue weighted by atomic mass is 16.3. The second kappa shape index (κ2) is 7.28. The fourth-order valence-electron chi connectivity index (χ4n) is 6.29. The Hall–Kier alpha value is -4.15. The molecule has 0 saturated heterocycles. The van der Waals surface area contributed by atoms with Crippen LogP contribution in [0.2, 0.25) is 0 Å². The van der Waals surface area contributed by atoms with Crippen molar-refractivity contribution in [1.82, 2.24) is 0 Å². The van der Waals surface area contributed by atoms with Gasteiger partial charge in [-0.3, -0.25) is 14.4 Å². The van der Waals surface area contributed by atoms with E-state index in [2.05, 4.69) is 39.8 Å². The highest BCUT2D eigenvalue weighted by Gasteiger charge is 2.32. The lowest BCUT2D eigenvalue weighted by molar-refractivity contribution is 0.166. The Morgan fingerprint density at radius 1 is 0.410 bits per heavy atom. The summed E-state index contributed by atoms with van der Waals surface area (Å²) in [6.07, 6.45) is 22.4. The zero-order chi connectivity index (χ0) is 27.6. The van der Waals surface area contributed by atoms with E-state index in [1.54, 1.807) is 31.2 Å². The summed E-state index contributed by atoms with van der Waals surface area (Å²) in [4.78, 5) is 42.6. The van der Waals surface area contributed by atoms with Crippen molar-refractivity contribution in [2.75, 3.05) is 0 Å². The maximum atomic E-state index is 14.2. The van der Waals surface area contributed by atoms with Crippen molar-refractivity contribution in [3.63, 3.8) is 0 Å². The summed E-state index contributed by atoms with van der Waals surface area (Å²) >= 11 is 0. The number of aliphatic hydroxyl groups is 1. The molecule has 4 aromatic carbocycles. The average molecular weight is 513 g/mol. The molecule has 0 aliphatic heterocycles. The predicted octanol–water partition coefficient (Wildman–Crippen LogP) is 6.46. The number of allylic oxidation sites excluding steroid dienone is 4. The molecule has 39 heavy (non-hydrogen) atoms. The molecule has 4 aromatic rings. The molecule has 0 heterocycles. The number of rotatable bonds is 0. The van der Waals surface area contributed by atoms with Gasteiger partial charge in [-0.25, -0.2) is 0 Å². The third kappa shape index (κ3) is 3.18. The van der Waals surface area contributed by atoms with Crippen LogP contribution in [0.25, 0.3) is 68.8 Å². The lowest BCUT2D eigenvalue weighted by atomic mass is 9.92. The van der Waals surface area contributed by atoms with E-state index in [1.165, 1.54) is 0 Å². The van der Waals surface area contributed by atoms with Crippen molar-refractivity contribution < 1.29 is 5.11 Å². The smallest absolute Gasteiger partial charge is 0.194 e. The van der Waals surface area contributed by atoms with Crippen LogP contribution in [-0.2, 0) is 0 Å². The number of fused-ring (bicyclic) bond motifs is 12. The van der Waals surface area contributed by atoms with Crippen LogP contribution in [-0.4, -0.2) is 10.7 Å². The molecule has 3 aliphatic rings. The molecular formula is C35H28O4. The monoisotopic (exact) mass is 512 g/mol. The topological polar surface area (TPSA) is 71.4 Å². The van der Waals surface area contributed by atoms with Crippen LogP contribution in [0.5, 0.6) is 0 Å². The van der Waals surface area contributed by atoms with Gasteiger partial charge in [0.1, 0.15) is 0 Å². The molecule has 0 bridgehead atoms. The van der Waals surface area contributed by atoms with Crippen molar-refractivity contribution in [2.45, 2.75) is 40.2 Å². The Morgan fingerprint density at radius 2 is 0.667 bits per heavy atom. The molecule has 0 aromatic heterocycles. The molecule has 192 valence electrons. The van der Waals surface area contributed by atoms with Crippen LogP contribution >= 0.6 is 0 Å². The summed E-state index contributed by atoms with van der Waals surface area (Å²) in [7, 11) is 0. The van der Waals surface area contributed by atoms with E-state index in [1.807, 2.05) is 36.5 Å². The van der Waals surface area contributed by atoms with Gasteiger partial charge in [-0.2, -0.15) is 0 Å². The minimum absolute atomic E-state index is 0.163. The Bertz CT molecular complexity index is 1850. The molecule has 1 atom stereocenters. The van der Waals surface area contributed by atoms with Crippen LogP contribution in [0.3, 0.4) is 0 Å². The van der Waals surface area contributed by atoms with E-state index < -0.39 is 5.60 Å². The first-order valence-electron chi connectivity index (χ1n) is 13.3. The fraction of sp³-hybridized carbons (Fsp3) is 0.229. The third-order valence-corrected chi connectivity index (χ3v) is 8.49. The zero-order valence-electron chi connectivity index (χ0n) is 22.6. The molecule has 7 rings (SSSR count). The van der Waals surface area contributed by atoms with Crippen molar-refractivity contribution in [1.29, 1.82) is 0 Å². The third-order valence-electron chi connectivity index (χ3n) is 8.49. The molecular weight excluding hydrogens is 484 g/mol. The molecule has 1 N–H and O–H groups in total. The molecule has 3 aliphatic carbocycles. The van der Waals surface area contributed by atoms with Gasteiger partial charge < -0.3 is 5.11 Å². The fourth-order valence-corrected chi connectivity index (χ4v) is 6.29. The summed E-state index contributed by atoms with van der Waals surface area (Å²) in [5, 5.41) is 13.7. The van der Waals surface area contributed by atoms with E-state index in [-0.39, 0.29) is 27.1 Å². The van der Waals surface area contributed by atoms with Gasteiger partial charge in [0, 0.05) is 59.8 Å². The van der Waals surface area contributed by atoms with Gasteiger partial charge in [0.05, 0.1) is 5.60 Å². The minimum Gasteiger partial charge on any atom is -0.382 e. The lowest BCUT2D eigenvalue weighted by Gasteiger charge is -2.12. The Kier molecular flexibility index (Phi) is 4.46. The lowest BCUT2D eigenvalue weighted by Crippen LogP contribution is -2.15. The SMILES string of the molecule is CC1(C)C=Cc2c(c3c4c(=O)c5c(c4c4c(=O)c6c(c4c3c2=O)C=CC(C)(O)C=C6)C=CC(C)(C)C=C5)C=C1. The highest BCUT2D eigenvalue weighted by molar-refractivity contribution is 6.33. The van der Waals surface area contributed by atoms with Gasteiger partial charge in [0.25, 0.3) is 0 Å². The highest BCUT2D eigenvalue weighted by Crippen LogP contribution is 2.44. The molecule has 4 nitrogen and oxygen atoms in total. The van der Waals surface area contributed by atoms with Crippen LogP contribution in [0.4, 0.5) is 0 Å². The first-order chi connectivity index (χ1) is 18.3. The van der Waals surface area contributed by atoms with Gasteiger partial charge in [-0.15, -0.1) is 0 Å². The summed E-state index contributed by atoms with van der Waals surface area (Å²) in [6.45, 7) is 9.91. The van der Waals surface area contributed by atoms with E-state index in [4.69, 9.17) is 0 Å². The van der Waals surface area contributed by atoms with E-state index in [9.17, 15) is 19.5 Å². The summed E-state index contributed by atoms with van der Waals surface area (Å²) in [5.74, 6) is 0. The van der Waals surface area contributed by atoms with Crippen LogP contribution < -0.4 is 16.3 Å². The first-order valence-corrected chi connectivity index (χ1v) is 13.3. The van der Waals surface area contributed by atoms with Gasteiger partial charge in [0.2, 0.25) is 0 Å². The normalized spacial score (nSPS) is 22.3. The summed E-state index contributed by atoms with van der Waals surface area (Å²) < 4.78 is 0. The molecule has 0 spiro atoms. The molecule has 1 unspecified atom stereocenters. The molecule has 4 heteroatoms. The minimum atomic E-state index is -1.23. The van der Waals surface area contributed by atoms with E-state index in [0.29, 0.717) is 54.6 Å². The quantitative estimate of drug-likeness (QED) is 0.293. The van der Waals surface area contributed by atoms with E-state index in [0.717, 1.165) is 11.1 Å². The van der Waals surface area contributed by atoms with Gasteiger partial charge >= 0.3 is 0 Å². The average Bonchev–Trinajstić information content (AvgIpc) is 3.21. The Morgan fingerprint density at radius 3 is 1.00 bits per heavy atom. The van der Waals surface area contributed by atoms with Crippen molar-refractivity contribution in [3.05, 3.63) is 101 Å². The van der Waals surface area contributed by atoms with E-state index >= 15 is 0 Å². The first kappa shape index (κ1) is 23.9. The number of benzene rings is 1. The number of hydrogen-bond donors (Lipinski definition) is 1. The van der Waals surface area contributed by atoms with Crippen LogP contribution in [0.1, 0.15) is 68.0 Å². The molecule has 0 amide bonds. The maximum absolute atomic E-state index is 14.2. The Labute approximate surface area is 225 Å². The molecule has 0 fully saturated rings. The molecule has 0 saturated carbocycles. The van der Waals surface area contributed by atoms with Crippen molar-refractivity contribution >= 4 is 68.8 Å². The maximum Gasteiger partial charge on any atom is 0.194 e. The van der Waals surface area contributed by atoms with Gasteiger partial charge in [0.15, 0.2) is 16.3 Å². The summed E-state index contributed by atoms with van der Waals surface area (Å²) in [5.41, 5.74) is 1.22. The standard InChI is InChI=1S/C35H28O4/c1-33(2)12-6-18-22(9-15-33)31(37)28-24(18)27-25(19-7-13-34(3,4)14-8-21(19)30(27)36)29-26(28)20-10-16-35(5,39)17-11-23(20)32(29)38/h6-17,39H,1-5H3. The van der Waals surface area contributed by atoms with Crippen molar-refractivity contribution in [2.24, 2.45) is 10.8 Å². The van der Waals surface area contributed by atoms with Crippen LogP contribution in [0, 0.1) is 10.8 Å². The van der Waals surface area contributed by atoms with Crippen molar-refractivity contribution in [3.8, 4) is 0 Å². The number of hydrogen-bond acceptors (Lipinski definition) is 4. The predicted molar refractivity (Wildman–Crippen MR) is 164 cm³/mol. The summed E-state index contributed by atoms with van der Waals surface area (Å²) in [6, 6.07) is 0. The largest absolute Gasteiger partial charge is 0.382 e.